The minimum Gasteiger partial charge on any atom is -0.303 e. The Bertz CT molecular complexity index is 1010. The van der Waals surface area contributed by atoms with Crippen LogP contribution < -0.4 is 5.14 Å². The molecule has 1 aromatic heterocycles. The zero-order valence-electron chi connectivity index (χ0n) is 15.0. The molecule has 1 atom stereocenters. The van der Waals surface area contributed by atoms with Crippen LogP contribution in [0.3, 0.4) is 0 Å². The van der Waals surface area contributed by atoms with Gasteiger partial charge in [-0.25, -0.2) is 18.5 Å². The van der Waals surface area contributed by atoms with Crippen molar-refractivity contribution in [3.05, 3.63) is 66.5 Å². The number of hydrogen-bond donors (Lipinski definition) is 1. The van der Waals surface area contributed by atoms with E-state index in [4.69, 9.17) is 5.14 Å². The summed E-state index contributed by atoms with van der Waals surface area (Å²) < 4.78 is 24.8. The van der Waals surface area contributed by atoms with Gasteiger partial charge in [0, 0.05) is 29.7 Å². The summed E-state index contributed by atoms with van der Waals surface area (Å²) in [4.78, 5) is 6.72. The van der Waals surface area contributed by atoms with Crippen LogP contribution in [0.2, 0.25) is 0 Å². The average molecular weight is 370 g/mol. The van der Waals surface area contributed by atoms with Crippen LogP contribution in [0.25, 0.3) is 17.1 Å². The van der Waals surface area contributed by atoms with Gasteiger partial charge in [0.25, 0.3) is 0 Å². The normalized spacial score (nSPS) is 13.1. The Morgan fingerprint density at radius 3 is 2.42 bits per heavy atom. The van der Waals surface area contributed by atoms with Gasteiger partial charge in [0.2, 0.25) is 10.0 Å². The summed E-state index contributed by atoms with van der Waals surface area (Å²) in [6.07, 6.45) is 3.58. The Morgan fingerprint density at radius 1 is 1.12 bits per heavy atom. The van der Waals surface area contributed by atoms with Gasteiger partial charge in [0.05, 0.1) is 4.90 Å². The Morgan fingerprint density at radius 2 is 1.81 bits per heavy atom. The lowest BCUT2D eigenvalue weighted by atomic mass is 10.0. The van der Waals surface area contributed by atoms with Crippen LogP contribution in [0.15, 0.2) is 65.8 Å². The highest BCUT2D eigenvalue weighted by Gasteiger charge is 2.13. The van der Waals surface area contributed by atoms with Gasteiger partial charge in [0.15, 0.2) is 0 Å². The Labute approximate surface area is 154 Å². The van der Waals surface area contributed by atoms with Gasteiger partial charge in [-0.05, 0) is 56.9 Å². The van der Waals surface area contributed by atoms with E-state index in [1.807, 2.05) is 37.0 Å². The summed E-state index contributed by atoms with van der Waals surface area (Å²) in [5, 5.41) is 5.16. The minimum atomic E-state index is -3.70. The minimum absolute atomic E-state index is 0.0877. The average Bonchev–Trinajstić information content (AvgIpc) is 3.10. The van der Waals surface area contributed by atoms with E-state index in [1.54, 1.807) is 18.3 Å². The van der Waals surface area contributed by atoms with Gasteiger partial charge < -0.3 is 4.90 Å². The zero-order chi connectivity index (χ0) is 18.9. The van der Waals surface area contributed by atoms with Crippen molar-refractivity contribution in [2.75, 3.05) is 14.1 Å². The fraction of sp³-hybridized carbons (Fsp3) is 0.211. The number of aromatic nitrogens is 2. The lowest BCUT2D eigenvalue weighted by Gasteiger charge is -2.20. The van der Waals surface area contributed by atoms with E-state index in [1.165, 1.54) is 17.7 Å². The highest BCUT2D eigenvalue weighted by atomic mass is 32.2. The molecule has 3 rings (SSSR count). The van der Waals surface area contributed by atoms with Crippen LogP contribution in [-0.4, -0.2) is 37.0 Å². The summed E-state index contributed by atoms with van der Waals surface area (Å²) in [6.45, 7) is 2.15. The van der Waals surface area contributed by atoms with E-state index in [9.17, 15) is 8.42 Å². The number of hydrogen-bond acceptors (Lipinski definition) is 4. The molecule has 2 aromatic carbocycles. The number of benzene rings is 2. The van der Waals surface area contributed by atoms with Crippen molar-refractivity contribution in [3.8, 4) is 17.1 Å². The Hall–Kier alpha value is -2.48. The smallest absolute Gasteiger partial charge is 0.238 e. The second-order valence-electron chi connectivity index (χ2n) is 6.42. The van der Waals surface area contributed by atoms with Gasteiger partial charge >= 0.3 is 0 Å². The van der Waals surface area contributed by atoms with Gasteiger partial charge in [0.1, 0.15) is 5.82 Å². The first-order valence-corrected chi connectivity index (χ1v) is 9.75. The van der Waals surface area contributed by atoms with Gasteiger partial charge in [-0.1, -0.05) is 18.2 Å². The fourth-order valence-electron chi connectivity index (χ4n) is 2.76. The molecule has 1 heterocycles. The molecular weight excluding hydrogens is 348 g/mol. The molecule has 136 valence electrons. The van der Waals surface area contributed by atoms with E-state index in [-0.39, 0.29) is 10.9 Å². The summed E-state index contributed by atoms with van der Waals surface area (Å²) in [6, 6.07) is 15.0. The van der Waals surface area contributed by atoms with E-state index < -0.39 is 10.0 Å². The van der Waals surface area contributed by atoms with Crippen molar-refractivity contribution >= 4 is 10.0 Å². The molecule has 7 heteroatoms. The summed E-state index contributed by atoms with van der Waals surface area (Å²) >= 11 is 0. The molecule has 0 aliphatic rings. The summed E-state index contributed by atoms with van der Waals surface area (Å²) in [7, 11) is 0.390. The van der Waals surface area contributed by atoms with Crippen molar-refractivity contribution in [2.45, 2.75) is 17.9 Å². The molecule has 0 unspecified atom stereocenters. The third-order valence-corrected chi connectivity index (χ3v) is 5.42. The van der Waals surface area contributed by atoms with Crippen LogP contribution in [-0.2, 0) is 10.0 Å². The predicted octanol–water partition coefficient (Wildman–Crippen LogP) is 2.81. The maximum absolute atomic E-state index is 11.4. The van der Waals surface area contributed by atoms with Gasteiger partial charge in [-0.2, -0.15) is 0 Å². The quantitative estimate of drug-likeness (QED) is 0.749. The number of primary sulfonamides is 1. The predicted molar refractivity (Wildman–Crippen MR) is 102 cm³/mol. The Kier molecular flexibility index (Phi) is 4.95. The third kappa shape index (κ3) is 3.70. The summed E-state index contributed by atoms with van der Waals surface area (Å²) in [5.74, 6) is 0.793. The number of nitrogens with zero attached hydrogens (tertiary/aromatic N) is 3. The highest BCUT2D eigenvalue weighted by molar-refractivity contribution is 7.89. The Balaban J connectivity index is 2.01. The van der Waals surface area contributed by atoms with Crippen LogP contribution in [0, 0.1) is 0 Å². The second kappa shape index (κ2) is 7.03. The van der Waals surface area contributed by atoms with Crippen LogP contribution >= 0.6 is 0 Å². The molecule has 0 spiro atoms. The molecule has 0 saturated carbocycles. The first-order valence-electron chi connectivity index (χ1n) is 8.21. The number of imidazole rings is 1. The van der Waals surface area contributed by atoms with Gasteiger partial charge in [-0.3, -0.25) is 4.57 Å². The molecule has 3 aromatic rings. The monoisotopic (exact) mass is 370 g/mol. The van der Waals surface area contributed by atoms with E-state index in [0.29, 0.717) is 0 Å². The van der Waals surface area contributed by atoms with Gasteiger partial charge in [-0.15, -0.1) is 0 Å². The maximum atomic E-state index is 11.4. The SMILES string of the molecule is C[C@@H](c1cccc(-c2nccn2-c2ccc(S(N)(=O)=O)cc2)c1)N(C)C. The summed E-state index contributed by atoms with van der Waals surface area (Å²) in [5.41, 5.74) is 3.01. The van der Waals surface area contributed by atoms with Crippen molar-refractivity contribution in [1.29, 1.82) is 0 Å². The molecule has 0 aliphatic heterocycles. The van der Waals surface area contributed by atoms with Crippen molar-refractivity contribution < 1.29 is 8.42 Å². The molecular formula is C19H22N4O2S. The van der Waals surface area contributed by atoms with Crippen LogP contribution in [0.1, 0.15) is 18.5 Å². The standard InChI is InChI=1S/C19H22N4O2S/c1-14(22(2)3)15-5-4-6-16(13-15)19-21-11-12-23(19)17-7-9-18(10-8-17)26(20,24)25/h4-14H,1-3H3,(H2,20,24,25)/t14-/m0/s1. The molecule has 0 saturated heterocycles. The number of sulfonamides is 1. The van der Waals surface area contributed by atoms with Crippen LogP contribution in [0.5, 0.6) is 0 Å². The van der Waals surface area contributed by atoms with Crippen molar-refractivity contribution in [3.63, 3.8) is 0 Å². The van der Waals surface area contributed by atoms with Crippen molar-refractivity contribution in [2.24, 2.45) is 5.14 Å². The number of rotatable bonds is 5. The lowest BCUT2D eigenvalue weighted by molar-refractivity contribution is 0.321. The highest BCUT2D eigenvalue weighted by Crippen LogP contribution is 2.26. The zero-order valence-corrected chi connectivity index (χ0v) is 15.8. The topological polar surface area (TPSA) is 81.2 Å². The van der Waals surface area contributed by atoms with Crippen molar-refractivity contribution in [1.82, 2.24) is 14.5 Å². The van der Waals surface area contributed by atoms with E-state index in [2.05, 4.69) is 28.9 Å². The molecule has 0 fully saturated rings. The molecule has 2 N–H and O–H groups in total. The fourth-order valence-corrected chi connectivity index (χ4v) is 3.27. The number of nitrogens with two attached hydrogens (primary N) is 1. The van der Waals surface area contributed by atoms with Crippen LogP contribution in [0.4, 0.5) is 0 Å². The molecule has 6 nitrogen and oxygen atoms in total. The first-order chi connectivity index (χ1) is 12.3. The van der Waals surface area contributed by atoms with E-state index in [0.717, 1.165) is 17.1 Å². The maximum Gasteiger partial charge on any atom is 0.238 e. The largest absolute Gasteiger partial charge is 0.303 e. The van der Waals surface area contributed by atoms with E-state index >= 15 is 0 Å². The molecule has 0 aliphatic carbocycles. The third-order valence-electron chi connectivity index (χ3n) is 4.49. The lowest BCUT2D eigenvalue weighted by Crippen LogP contribution is -2.16. The molecule has 0 amide bonds. The second-order valence-corrected chi connectivity index (χ2v) is 7.99. The first kappa shape index (κ1) is 18.3. The molecule has 0 radical (unpaired) electrons. The molecule has 0 bridgehead atoms. The molecule has 26 heavy (non-hydrogen) atoms.